The van der Waals surface area contributed by atoms with Gasteiger partial charge in [-0.1, -0.05) is 0 Å². The summed E-state index contributed by atoms with van der Waals surface area (Å²) in [5.41, 5.74) is 0. The number of amidine groups is 1. The van der Waals surface area contributed by atoms with Gasteiger partial charge in [0.15, 0.2) is 5.16 Å². The van der Waals surface area contributed by atoms with Crippen LogP contribution in [0.4, 0.5) is 25.2 Å². The van der Waals surface area contributed by atoms with E-state index in [1.54, 1.807) is 24.2 Å². The van der Waals surface area contributed by atoms with E-state index in [1.165, 1.54) is 0 Å². The Morgan fingerprint density at radius 1 is 1.05 bits per heavy atom. The average Bonchev–Trinajstić information content (AvgIpc) is 2.22. The molecule has 0 fully saturated rings. The molecule has 0 aliphatic carbocycles. The first-order valence-corrected chi connectivity index (χ1v) is 8.13. The van der Waals surface area contributed by atoms with Gasteiger partial charge in [-0.25, -0.2) is 9.97 Å². The van der Waals surface area contributed by atoms with Crippen LogP contribution in [0.25, 0.3) is 0 Å². The van der Waals surface area contributed by atoms with Gasteiger partial charge >= 0.3 is 38.2 Å². The van der Waals surface area contributed by atoms with Gasteiger partial charge in [-0.15, -0.1) is 0 Å². The SMILES string of the molecule is CN(C)C(Sc1ncccn1)=[N+](C)C.F[P-](F)(F)(F)(F)F. The molecule has 1 heterocycles. The van der Waals surface area contributed by atoms with Crippen LogP contribution in [0.2, 0.25) is 0 Å². The number of aromatic nitrogens is 2. The predicted octanol–water partition coefficient (Wildman–Crippen LogP) is 4.14. The summed E-state index contributed by atoms with van der Waals surface area (Å²) in [6.07, 6.45) is 3.50. The number of nitrogens with zero attached hydrogens (tertiary/aromatic N) is 4. The summed E-state index contributed by atoms with van der Waals surface area (Å²) in [6.45, 7) is 0. The van der Waals surface area contributed by atoms with Crippen LogP contribution in [0.5, 0.6) is 0 Å². The standard InChI is InChI=1S/C9H15N4S.F6P/c1-12(2)9(13(3)4)14-8-10-6-5-7-11-8;1-7(2,3,4,5)6/h5-7H,1-4H3;/q+1;-1. The fourth-order valence-corrected chi connectivity index (χ4v) is 1.76. The third kappa shape index (κ3) is 15.1. The van der Waals surface area contributed by atoms with Gasteiger partial charge in [0, 0.05) is 24.2 Å². The Bertz CT molecular complexity index is 486. The zero-order valence-corrected chi connectivity index (χ0v) is 13.4. The van der Waals surface area contributed by atoms with Crippen LogP contribution in [0.1, 0.15) is 0 Å². The predicted molar refractivity (Wildman–Crippen MR) is 72.3 cm³/mol. The molecule has 0 saturated carbocycles. The molecule has 0 atom stereocenters. The first-order valence-electron chi connectivity index (χ1n) is 5.29. The molecule has 21 heavy (non-hydrogen) atoms. The zero-order valence-electron chi connectivity index (χ0n) is 11.6. The molecule has 0 aromatic carbocycles. The van der Waals surface area contributed by atoms with E-state index in [0.717, 1.165) is 10.3 Å². The van der Waals surface area contributed by atoms with Crippen LogP contribution < -0.4 is 0 Å². The number of halogens is 6. The Labute approximate surface area is 122 Å². The second-order valence-electron chi connectivity index (χ2n) is 4.16. The fourth-order valence-electron chi connectivity index (χ4n) is 1.00. The molecule has 0 saturated heterocycles. The van der Waals surface area contributed by atoms with Crippen LogP contribution in [0.15, 0.2) is 23.6 Å². The number of hydrogen-bond donors (Lipinski definition) is 0. The molecular weight excluding hydrogens is 341 g/mol. The van der Waals surface area contributed by atoms with Crippen LogP contribution in [0.3, 0.4) is 0 Å². The molecular formula is C9H15F6N4PS. The van der Waals surface area contributed by atoms with E-state index >= 15 is 0 Å². The fraction of sp³-hybridized carbons (Fsp3) is 0.444. The Morgan fingerprint density at radius 3 is 1.71 bits per heavy atom. The van der Waals surface area contributed by atoms with Gasteiger partial charge in [0.05, 0.1) is 28.2 Å². The molecule has 1 rings (SSSR count). The van der Waals surface area contributed by atoms with Gasteiger partial charge in [0.2, 0.25) is 0 Å². The van der Waals surface area contributed by atoms with E-state index in [-0.39, 0.29) is 0 Å². The minimum absolute atomic E-state index is 0.768. The number of thioether (sulfide) groups is 1. The van der Waals surface area contributed by atoms with Crippen molar-refractivity contribution in [3.05, 3.63) is 18.5 Å². The van der Waals surface area contributed by atoms with Crippen molar-refractivity contribution in [1.82, 2.24) is 14.9 Å². The van der Waals surface area contributed by atoms with Crippen molar-refractivity contribution in [1.29, 1.82) is 0 Å². The monoisotopic (exact) mass is 356 g/mol. The van der Waals surface area contributed by atoms with Crippen molar-refractivity contribution in [2.75, 3.05) is 28.2 Å². The van der Waals surface area contributed by atoms with Gasteiger partial charge in [-0.3, -0.25) is 9.48 Å². The Morgan fingerprint density at radius 2 is 1.43 bits per heavy atom. The zero-order chi connectivity index (χ0) is 17.0. The normalized spacial score (nSPS) is 14.2. The summed E-state index contributed by atoms with van der Waals surface area (Å²) >= 11 is 1.55. The topological polar surface area (TPSA) is 32.0 Å². The molecule has 0 aliphatic heterocycles. The molecule has 0 unspecified atom stereocenters. The third-order valence-corrected chi connectivity index (χ3v) is 2.80. The number of rotatable bonds is 1. The van der Waals surface area contributed by atoms with Crippen molar-refractivity contribution in [3.8, 4) is 0 Å². The molecule has 0 bridgehead atoms. The van der Waals surface area contributed by atoms with E-state index in [2.05, 4.69) is 9.97 Å². The first kappa shape index (κ1) is 19.9. The molecule has 0 amide bonds. The van der Waals surface area contributed by atoms with Crippen molar-refractivity contribution in [2.24, 2.45) is 0 Å². The average molecular weight is 356 g/mol. The van der Waals surface area contributed by atoms with Crippen molar-refractivity contribution in [3.63, 3.8) is 0 Å². The van der Waals surface area contributed by atoms with E-state index in [1.807, 2.05) is 43.7 Å². The van der Waals surface area contributed by atoms with Gasteiger partial charge in [-0.05, 0) is 6.07 Å². The molecule has 1 aromatic rings. The molecule has 0 radical (unpaired) electrons. The Kier molecular flexibility index (Phi) is 5.65. The van der Waals surface area contributed by atoms with E-state index in [4.69, 9.17) is 0 Å². The molecule has 0 aliphatic rings. The van der Waals surface area contributed by atoms with Gasteiger partial charge in [0.25, 0.3) is 0 Å². The van der Waals surface area contributed by atoms with Crippen LogP contribution in [-0.2, 0) is 0 Å². The summed E-state index contributed by atoms with van der Waals surface area (Å²) in [7, 11) is -2.64. The molecule has 1 aromatic heterocycles. The second-order valence-corrected chi connectivity index (χ2v) is 7.01. The number of hydrogen-bond acceptors (Lipinski definition) is 3. The van der Waals surface area contributed by atoms with Crippen LogP contribution in [-0.4, -0.2) is 52.8 Å². The first-order chi connectivity index (χ1) is 9.06. The molecule has 0 N–H and O–H groups in total. The summed E-state index contributed by atoms with van der Waals surface area (Å²) < 4.78 is 61.2. The molecule has 0 spiro atoms. The van der Waals surface area contributed by atoms with Crippen molar-refractivity contribution in [2.45, 2.75) is 5.16 Å². The van der Waals surface area contributed by atoms with Crippen LogP contribution in [0, 0.1) is 0 Å². The third-order valence-electron chi connectivity index (χ3n) is 1.49. The van der Waals surface area contributed by atoms with E-state index < -0.39 is 7.81 Å². The maximum absolute atomic E-state index is 10.7. The van der Waals surface area contributed by atoms with Gasteiger partial charge in [0.1, 0.15) is 0 Å². The minimum atomic E-state index is -10.7. The van der Waals surface area contributed by atoms with Gasteiger partial charge in [-0.2, -0.15) is 0 Å². The quantitative estimate of drug-likeness (QED) is 0.144. The molecule has 12 heteroatoms. The van der Waals surface area contributed by atoms with Gasteiger partial charge < -0.3 is 0 Å². The summed E-state index contributed by atoms with van der Waals surface area (Å²) in [5.74, 6) is 0. The molecule has 124 valence electrons. The molecule has 4 nitrogen and oxygen atoms in total. The van der Waals surface area contributed by atoms with Crippen molar-refractivity contribution < 1.29 is 29.8 Å². The maximum atomic E-state index is 9.87. The summed E-state index contributed by atoms with van der Waals surface area (Å²) in [5, 5.41) is 1.88. The summed E-state index contributed by atoms with van der Waals surface area (Å²) in [4.78, 5) is 10.4. The van der Waals surface area contributed by atoms with Crippen molar-refractivity contribution >= 4 is 24.7 Å². The van der Waals surface area contributed by atoms with Crippen LogP contribution >= 0.6 is 19.6 Å². The summed E-state index contributed by atoms with van der Waals surface area (Å²) in [6, 6.07) is 1.81. The van der Waals surface area contributed by atoms with E-state index in [9.17, 15) is 25.2 Å². The Balaban J connectivity index is 0.000000486. The Hall–Kier alpha value is -1.09. The second kappa shape index (κ2) is 5.96. The van der Waals surface area contributed by atoms with E-state index in [0.29, 0.717) is 0 Å².